The Labute approximate surface area is 119 Å². The number of carbonyl (C=O) groups is 1. The van der Waals surface area contributed by atoms with E-state index >= 15 is 0 Å². The first kappa shape index (κ1) is 13.9. The summed E-state index contributed by atoms with van der Waals surface area (Å²) in [6.07, 6.45) is 0.279. The fraction of sp³-hybridized carbons (Fsp3) is 0.188. The number of ether oxygens (including phenoxy) is 1. The van der Waals surface area contributed by atoms with Crippen LogP contribution in [0.2, 0.25) is 0 Å². The second-order valence-electron chi connectivity index (χ2n) is 4.42. The van der Waals surface area contributed by atoms with Gasteiger partial charge in [0.2, 0.25) is 5.91 Å². The van der Waals surface area contributed by atoms with Crippen molar-refractivity contribution in [1.82, 2.24) is 5.43 Å². The van der Waals surface area contributed by atoms with Crippen LogP contribution in [0.1, 0.15) is 5.56 Å². The summed E-state index contributed by atoms with van der Waals surface area (Å²) < 4.78 is 5.24. The summed E-state index contributed by atoms with van der Waals surface area (Å²) in [5.41, 5.74) is 4.64. The monoisotopic (exact) mass is 270 g/mol. The number of nitrogens with zero attached hydrogens (tertiary/aromatic N) is 1. The molecule has 2 rings (SSSR count). The molecular formula is C16H18N2O2. The van der Waals surface area contributed by atoms with Crippen molar-refractivity contribution in [2.24, 2.45) is 0 Å². The smallest absolute Gasteiger partial charge is 0.243 e. The number of hydrogen-bond donors (Lipinski definition) is 1. The lowest BCUT2D eigenvalue weighted by Gasteiger charge is -2.20. The molecule has 0 heterocycles. The van der Waals surface area contributed by atoms with Gasteiger partial charge in [0, 0.05) is 12.6 Å². The molecule has 2 aromatic rings. The van der Waals surface area contributed by atoms with E-state index in [9.17, 15) is 4.79 Å². The van der Waals surface area contributed by atoms with Crippen LogP contribution in [0.5, 0.6) is 5.75 Å². The number of nitrogens with one attached hydrogen (secondary N) is 1. The number of benzene rings is 2. The van der Waals surface area contributed by atoms with Crippen molar-refractivity contribution < 1.29 is 9.53 Å². The van der Waals surface area contributed by atoms with Crippen LogP contribution in [0.15, 0.2) is 54.6 Å². The maximum absolute atomic E-state index is 12.1. The molecule has 0 aliphatic carbocycles. The molecule has 0 radical (unpaired) electrons. The van der Waals surface area contributed by atoms with Crippen molar-refractivity contribution in [3.8, 4) is 5.75 Å². The van der Waals surface area contributed by atoms with Gasteiger partial charge in [0.15, 0.2) is 0 Å². The van der Waals surface area contributed by atoms with Gasteiger partial charge < -0.3 is 4.74 Å². The van der Waals surface area contributed by atoms with Gasteiger partial charge in [0.1, 0.15) is 5.75 Å². The van der Waals surface area contributed by atoms with Crippen molar-refractivity contribution in [3.05, 3.63) is 60.2 Å². The molecule has 0 atom stereocenters. The van der Waals surface area contributed by atoms with E-state index in [1.165, 1.54) is 0 Å². The molecule has 0 saturated carbocycles. The predicted octanol–water partition coefficient (Wildman–Crippen LogP) is 2.41. The molecule has 4 heteroatoms. The number of carbonyl (C=O) groups excluding carboxylic acids is 1. The van der Waals surface area contributed by atoms with Crippen LogP contribution >= 0.6 is 0 Å². The third-order valence-electron chi connectivity index (χ3n) is 2.98. The predicted molar refractivity (Wildman–Crippen MR) is 79.7 cm³/mol. The third-order valence-corrected chi connectivity index (χ3v) is 2.98. The summed E-state index contributed by atoms with van der Waals surface area (Å²) in [5, 5.41) is 1.71. The van der Waals surface area contributed by atoms with Crippen LogP contribution in [-0.2, 0) is 11.2 Å². The van der Waals surface area contributed by atoms with Gasteiger partial charge in [-0.15, -0.1) is 0 Å². The summed E-state index contributed by atoms with van der Waals surface area (Å²) in [4.78, 5) is 12.1. The van der Waals surface area contributed by atoms with E-state index in [1.54, 1.807) is 12.1 Å². The molecule has 0 saturated heterocycles. The van der Waals surface area contributed by atoms with Gasteiger partial charge in [-0.25, -0.2) is 0 Å². The Balaban J connectivity index is 1.99. The van der Waals surface area contributed by atoms with Gasteiger partial charge in [0.25, 0.3) is 0 Å². The van der Waals surface area contributed by atoms with Crippen molar-refractivity contribution in [1.29, 1.82) is 0 Å². The van der Waals surface area contributed by atoms with E-state index in [0.29, 0.717) is 0 Å². The SMILES string of the molecule is COc1ccccc1CC(=O)NN(C)c1ccccc1. The highest BCUT2D eigenvalue weighted by atomic mass is 16.5. The summed E-state index contributed by atoms with van der Waals surface area (Å²) in [7, 11) is 3.42. The number of methoxy groups -OCH3 is 1. The molecule has 4 nitrogen and oxygen atoms in total. The van der Waals surface area contributed by atoms with E-state index in [-0.39, 0.29) is 12.3 Å². The maximum atomic E-state index is 12.1. The molecule has 20 heavy (non-hydrogen) atoms. The van der Waals surface area contributed by atoms with E-state index in [1.807, 2.05) is 61.6 Å². The number of hydrogen-bond acceptors (Lipinski definition) is 3. The standard InChI is InChI=1S/C16H18N2O2/c1-18(14-9-4-3-5-10-14)17-16(19)12-13-8-6-7-11-15(13)20-2/h3-11H,12H2,1-2H3,(H,17,19). The Morgan fingerprint density at radius 1 is 1.10 bits per heavy atom. The van der Waals surface area contributed by atoms with Crippen LogP contribution in [0, 0.1) is 0 Å². The molecule has 0 unspecified atom stereocenters. The Morgan fingerprint density at radius 2 is 1.75 bits per heavy atom. The lowest BCUT2D eigenvalue weighted by molar-refractivity contribution is -0.120. The minimum absolute atomic E-state index is 0.0825. The minimum atomic E-state index is -0.0825. The second-order valence-corrected chi connectivity index (χ2v) is 4.42. The fourth-order valence-corrected chi connectivity index (χ4v) is 1.96. The molecule has 0 aliphatic rings. The zero-order chi connectivity index (χ0) is 14.4. The Hall–Kier alpha value is -2.49. The molecule has 1 amide bonds. The molecule has 2 aromatic carbocycles. The van der Waals surface area contributed by atoms with Crippen LogP contribution in [0.4, 0.5) is 5.69 Å². The van der Waals surface area contributed by atoms with Gasteiger partial charge in [-0.05, 0) is 18.2 Å². The number of amides is 1. The summed E-state index contributed by atoms with van der Waals surface area (Å²) in [6.45, 7) is 0. The van der Waals surface area contributed by atoms with Crippen molar-refractivity contribution in [3.63, 3.8) is 0 Å². The van der Waals surface area contributed by atoms with Crippen molar-refractivity contribution >= 4 is 11.6 Å². The van der Waals surface area contributed by atoms with E-state index in [0.717, 1.165) is 17.0 Å². The highest BCUT2D eigenvalue weighted by Crippen LogP contribution is 2.17. The van der Waals surface area contributed by atoms with E-state index in [4.69, 9.17) is 4.74 Å². The minimum Gasteiger partial charge on any atom is -0.496 e. The first-order chi connectivity index (χ1) is 9.70. The Morgan fingerprint density at radius 3 is 2.45 bits per heavy atom. The fourth-order valence-electron chi connectivity index (χ4n) is 1.96. The van der Waals surface area contributed by atoms with Gasteiger partial charge in [-0.2, -0.15) is 0 Å². The maximum Gasteiger partial charge on any atom is 0.243 e. The van der Waals surface area contributed by atoms with Gasteiger partial charge in [0.05, 0.1) is 19.2 Å². The average molecular weight is 270 g/mol. The number of hydrazine groups is 1. The van der Waals surface area contributed by atoms with Crippen LogP contribution in [-0.4, -0.2) is 20.1 Å². The number of para-hydroxylation sites is 2. The normalized spacial score (nSPS) is 9.90. The molecule has 0 bridgehead atoms. The van der Waals surface area contributed by atoms with Crippen molar-refractivity contribution in [2.75, 3.05) is 19.2 Å². The average Bonchev–Trinajstić information content (AvgIpc) is 2.48. The zero-order valence-corrected chi connectivity index (χ0v) is 11.7. The summed E-state index contributed by atoms with van der Waals surface area (Å²) >= 11 is 0. The van der Waals surface area contributed by atoms with Crippen molar-refractivity contribution in [2.45, 2.75) is 6.42 Å². The van der Waals surface area contributed by atoms with E-state index < -0.39 is 0 Å². The van der Waals surface area contributed by atoms with Gasteiger partial charge >= 0.3 is 0 Å². The summed E-state index contributed by atoms with van der Waals surface area (Å²) in [6, 6.07) is 17.2. The molecule has 1 N–H and O–H groups in total. The molecule has 0 spiro atoms. The Kier molecular flexibility index (Phi) is 4.60. The van der Waals surface area contributed by atoms with Crippen LogP contribution in [0.3, 0.4) is 0 Å². The van der Waals surface area contributed by atoms with Gasteiger partial charge in [-0.3, -0.25) is 15.2 Å². The topological polar surface area (TPSA) is 41.6 Å². The quantitative estimate of drug-likeness (QED) is 0.848. The third kappa shape index (κ3) is 3.51. The first-order valence-electron chi connectivity index (χ1n) is 6.41. The van der Waals surface area contributed by atoms with Crippen LogP contribution < -0.4 is 15.2 Å². The zero-order valence-electron chi connectivity index (χ0n) is 11.7. The Bertz CT molecular complexity index is 570. The highest BCUT2D eigenvalue weighted by molar-refractivity contribution is 5.80. The summed E-state index contributed by atoms with van der Waals surface area (Å²) in [5.74, 6) is 0.644. The van der Waals surface area contributed by atoms with E-state index in [2.05, 4.69) is 5.43 Å². The highest BCUT2D eigenvalue weighted by Gasteiger charge is 2.10. The number of rotatable bonds is 5. The molecule has 0 aromatic heterocycles. The molecular weight excluding hydrogens is 252 g/mol. The second kappa shape index (κ2) is 6.61. The molecule has 0 aliphatic heterocycles. The lowest BCUT2D eigenvalue weighted by Crippen LogP contribution is -2.40. The molecule has 0 fully saturated rings. The largest absolute Gasteiger partial charge is 0.496 e. The number of anilines is 1. The molecule has 104 valence electrons. The van der Waals surface area contributed by atoms with Gasteiger partial charge in [-0.1, -0.05) is 36.4 Å². The van der Waals surface area contributed by atoms with Crippen LogP contribution in [0.25, 0.3) is 0 Å². The lowest BCUT2D eigenvalue weighted by atomic mass is 10.1. The first-order valence-corrected chi connectivity index (χ1v) is 6.41.